The molecule has 4 heteroatoms. The number of rotatable bonds is 4. The molecule has 0 radical (unpaired) electrons. The summed E-state index contributed by atoms with van der Waals surface area (Å²) in [4.78, 5) is 0. The minimum absolute atomic E-state index is 0.684. The van der Waals surface area contributed by atoms with Crippen LogP contribution >= 0.6 is 34.8 Å². The highest BCUT2D eigenvalue weighted by Crippen LogP contribution is 2.10. The van der Waals surface area contributed by atoms with Gasteiger partial charge in [-0.2, -0.15) is 0 Å². The van der Waals surface area contributed by atoms with Gasteiger partial charge in [0.1, 0.15) is 0 Å². The largest absolute Gasteiger partial charge is 0.359 e. The number of nitrogens with one attached hydrogen (secondary N) is 2. The first-order chi connectivity index (χ1) is 9.25. The number of halogens is 1. The van der Waals surface area contributed by atoms with Crippen LogP contribution in [0.25, 0.3) is 0 Å². The van der Waals surface area contributed by atoms with Gasteiger partial charge in [0.25, 0.3) is 0 Å². The van der Waals surface area contributed by atoms with Crippen molar-refractivity contribution >= 4 is 39.9 Å². The van der Waals surface area contributed by atoms with Gasteiger partial charge in [-0.05, 0) is 52.0 Å². The van der Waals surface area contributed by atoms with Crippen molar-refractivity contribution in [1.29, 1.82) is 0 Å². The molecule has 0 atom stereocenters. The molecule has 0 saturated carbocycles. The second-order valence-electron chi connectivity index (χ2n) is 4.11. The van der Waals surface area contributed by atoms with Crippen LogP contribution in [0.5, 0.6) is 0 Å². The molecule has 0 saturated heterocycles. The fourth-order valence-electron chi connectivity index (χ4n) is 1.66. The highest BCUT2D eigenvalue weighted by atomic mass is 127. The summed E-state index contributed by atoms with van der Waals surface area (Å²) in [6, 6.07) is 18.5. The Morgan fingerprint density at radius 2 is 1.53 bits per heavy atom. The number of hydrogen-bond acceptors (Lipinski definition) is 1. The molecule has 2 aromatic rings. The summed E-state index contributed by atoms with van der Waals surface area (Å²) in [6.45, 7) is 1.50. The van der Waals surface area contributed by atoms with Crippen LogP contribution in [-0.4, -0.2) is 5.11 Å². The van der Waals surface area contributed by atoms with E-state index < -0.39 is 0 Å². The maximum absolute atomic E-state index is 5.27. The Bertz CT molecular complexity index is 543. The van der Waals surface area contributed by atoms with Crippen molar-refractivity contribution in [3.05, 3.63) is 69.3 Å². The molecule has 0 heterocycles. The molecule has 2 N–H and O–H groups in total. The average molecular weight is 382 g/mol. The average Bonchev–Trinajstić information content (AvgIpc) is 2.45. The molecule has 2 nitrogen and oxygen atoms in total. The third-order valence-electron chi connectivity index (χ3n) is 2.69. The molecule has 0 spiro atoms. The van der Waals surface area contributed by atoms with Crippen LogP contribution in [0.2, 0.25) is 0 Å². The molecule has 19 heavy (non-hydrogen) atoms. The zero-order valence-corrected chi connectivity index (χ0v) is 13.4. The summed E-state index contributed by atoms with van der Waals surface area (Å²) in [5.74, 6) is 0. The first-order valence-corrected chi connectivity index (χ1v) is 7.53. The van der Waals surface area contributed by atoms with Crippen LogP contribution in [0.3, 0.4) is 0 Å². The van der Waals surface area contributed by atoms with Crippen molar-refractivity contribution in [2.45, 2.75) is 13.1 Å². The highest BCUT2D eigenvalue weighted by Gasteiger charge is 2.00. The van der Waals surface area contributed by atoms with Crippen molar-refractivity contribution < 1.29 is 0 Å². The fourth-order valence-corrected chi connectivity index (χ4v) is 2.38. The maximum atomic E-state index is 5.27. The van der Waals surface area contributed by atoms with Crippen LogP contribution in [-0.2, 0) is 13.1 Å². The first kappa shape index (κ1) is 14.3. The normalized spacial score (nSPS) is 9.95. The Morgan fingerprint density at radius 3 is 2.26 bits per heavy atom. The molecular weight excluding hydrogens is 367 g/mol. The molecule has 0 aromatic heterocycles. The molecule has 2 aromatic carbocycles. The molecule has 0 amide bonds. The predicted octanol–water partition coefficient (Wildman–Crippen LogP) is 3.46. The van der Waals surface area contributed by atoms with E-state index in [9.17, 15) is 0 Å². The van der Waals surface area contributed by atoms with E-state index in [2.05, 4.69) is 57.5 Å². The smallest absolute Gasteiger partial charge is 0.166 e. The Labute approximate surface area is 132 Å². The Kier molecular flexibility index (Phi) is 5.60. The van der Waals surface area contributed by atoms with Gasteiger partial charge in [0.15, 0.2) is 5.11 Å². The molecule has 0 unspecified atom stereocenters. The van der Waals surface area contributed by atoms with Gasteiger partial charge in [-0.25, -0.2) is 0 Å². The Hall–Kier alpha value is -1.14. The lowest BCUT2D eigenvalue weighted by Crippen LogP contribution is -2.34. The molecule has 98 valence electrons. The molecular formula is C15H15IN2S. The van der Waals surface area contributed by atoms with Crippen molar-refractivity contribution in [2.24, 2.45) is 0 Å². The Morgan fingerprint density at radius 1 is 0.895 bits per heavy atom. The van der Waals surface area contributed by atoms with E-state index in [-0.39, 0.29) is 0 Å². The molecule has 2 rings (SSSR count). The van der Waals surface area contributed by atoms with E-state index in [1.807, 2.05) is 30.3 Å². The summed E-state index contributed by atoms with van der Waals surface area (Å²) in [7, 11) is 0. The van der Waals surface area contributed by atoms with Crippen molar-refractivity contribution in [3.63, 3.8) is 0 Å². The third kappa shape index (κ3) is 4.80. The topological polar surface area (TPSA) is 24.1 Å². The van der Waals surface area contributed by atoms with Gasteiger partial charge in [0.05, 0.1) is 0 Å². The highest BCUT2D eigenvalue weighted by molar-refractivity contribution is 14.1. The lowest BCUT2D eigenvalue weighted by molar-refractivity contribution is 0.831. The SMILES string of the molecule is S=C(NCc1ccccc1)NCc1ccccc1I. The van der Waals surface area contributed by atoms with E-state index in [1.165, 1.54) is 14.7 Å². The monoisotopic (exact) mass is 382 g/mol. The summed E-state index contributed by atoms with van der Waals surface area (Å²) in [5.41, 5.74) is 2.48. The van der Waals surface area contributed by atoms with Gasteiger partial charge >= 0.3 is 0 Å². The Balaban J connectivity index is 1.78. The van der Waals surface area contributed by atoms with E-state index >= 15 is 0 Å². The first-order valence-electron chi connectivity index (χ1n) is 6.05. The molecule has 0 aliphatic heterocycles. The zero-order valence-electron chi connectivity index (χ0n) is 10.4. The molecule has 0 fully saturated rings. The summed E-state index contributed by atoms with van der Waals surface area (Å²) < 4.78 is 1.25. The van der Waals surface area contributed by atoms with E-state index in [0.717, 1.165) is 13.1 Å². The van der Waals surface area contributed by atoms with Gasteiger partial charge in [-0.1, -0.05) is 48.5 Å². The van der Waals surface area contributed by atoms with Crippen LogP contribution in [0.1, 0.15) is 11.1 Å². The van der Waals surface area contributed by atoms with Gasteiger partial charge < -0.3 is 10.6 Å². The van der Waals surface area contributed by atoms with Gasteiger partial charge in [-0.3, -0.25) is 0 Å². The quantitative estimate of drug-likeness (QED) is 0.626. The maximum Gasteiger partial charge on any atom is 0.166 e. The minimum atomic E-state index is 0.684. The lowest BCUT2D eigenvalue weighted by atomic mass is 10.2. The van der Waals surface area contributed by atoms with E-state index in [0.29, 0.717) is 5.11 Å². The number of thiocarbonyl (C=S) groups is 1. The van der Waals surface area contributed by atoms with E-state index in [4.69, 9.17) is 12.2 Å². The standard InChI is InChI=1S/C15H15IN2S/c16-14-9-5-4-8-13(14)11-18-15(19)17-10-12-6-2-1-3-7-12/h1-9H,10-11H2,(H2,17,18,19). The minimum Gasteiger partial charge on any atom is -0.359 e. The zero-order chi connectivity index (χ0) is 13.5. The lowest BCUT2D eigenvalue weighted by Gasteiger charge is -2.11. The van der Waals surface area contributed by atoms with Gasteiger partial charge in [0.2, 0.25) is 0 Å². The van der Waals surface area contributed by atoms with Crippen LogP contribution < -0.4 is 10.6 Å². The second kappa shape index (κ2) is 7.45. The fraction of sp³-hybridized carbons (Fsp3) is 0.133. The molecule has 0 bridgehead atoms. The van der Waals surface area contributed by atoms with Crippen molar-refractivity contribution in [2.75, 3.05) is 0 Å². The van der Waals surface area contributed by atoms with Gasteiger partial charge in [-0.15, -0.1) is 0 Å². The third-order valence-corrected chi connectivity index (χ3v) is 4.03. The predicted molar refractivity (Wildman–Crippen MR) is 91.9 cm³/mol. The van der Waals surface area contributed by atoms with Crippen LogP contribution in [0, 0.1) is 3.57 Å². The molecule has 0 aliphatic rings. The van der Waals surface area contributed by atoms with Crippen molar-refractivity contribution in [1.82, 2.24) is 10.6 Å². The van der Waals surface area contributed by atoms with Crippen LogP contribution in [0.4, 0.5) is 0 Å². The van der Waals surface area contributed by atoms with E-state index in [1.54, 1.807) is 0 Å². The van der Waals surface area contributed by atoms with Gasteiger partial charge in [0, 0.05) is 16.7 Å². The number of hydrogen-bond donors (Lipinski definition) is 2. The molecule has 0 aliphatic carbocycles. The second-order valence-corrected chi connectivity index (χ2v) is 5.68. The van der Waals surface area contributed by atoms with Crippen molar-refractivity contribution in [3.8, 4) is 0 Å². The number of benzene rings is 2. The summed E-state index contributed by atoms with van der Waals surface area (Å²) >= 11 is 7.61. The summed E-state index contributed by atoms with van der Waals surface area (Å²) in [6.07, 6.45) is 0. The van der Waals surface area contributed by atoms with Crippen LogP contribution in [0.15, 0.2) is 54.6 Å². The summed E-state index contributed by atoms with van der Waals surface area (Å²) in [5, 5.41) is 7.12.